The quantitative estimate of drug-likeness (QED) is 0.919. The van der Waals surface area contributed by atoms with Gasteiger partial charge in [0.25, 0.3) is 0 Å². The third-order valence-electron chi connectivity index (χ3n) is 2.49. The summed E-state index contributed by atoms with van der Waals surface area (Å²) in [6.07, 6.45) is 0. The molecule has 1 heterocycles. The predicted octanol–water partition coefficient (Wildman–Crippen LogP) is 3.58. The fourth-order valence-corrected chi connectivity index (χ4v) is 1.75. The van der Waals surface area contributed by atoms with E-state index in [9.17, 15) is 0 Å². The van der Waals surface area contributed by atoms with Crippen molar-refractivity contribution in [1.82, 2.24) is 9.97 Å². The molecule has 1 N–H and O–H groups in total. The molecule has 0 aliphatic rings. The van der Waals surface area contributed by atoms with Crippen LogP contribution in [-0.2, 0) is 0 Å². The molecule has 18 heavy (non-hydrogen) atoms. The number of anilines is 1. The first-order valence-electron chi connectivity index (χ1n) is 5.57. The maximum absolute atomic E-state index is 6.06. The van der Waals surface area contributed by atoms with Gasteiger partial charge in [-0.2, -0.15) is 4.98 Å². The second-order valence-corrected chi connectivity index (χ2v) is 4.24. The summed E-state index contributed by atoms with van der Waals surface area (Å²) in [7, 11) is 1.81. The highest BCUT2D eigenvalue weighted by Crippen LogP contribution is 2.31. The molecular formula is C13H14ClN3O. The molecule has 0 atom stereocenters. The number of nitrogens with one attached hydrogen (secondary N) is 1. The third-order valence-corrected chi connectivity index (χ3v) is 2.81. The third kappa shape index (κ3) is 2.54. The standard InChI is InChI=1S/C13H14ClN3O/c1-8-12(15-3)16-9(2)17-13(8)18-11-7-5-4-6-10(11)14/h4-7H,1-3H3,(H,15,16,17). The number of halogens is 1. The molecule has 1 aromatic heterocycles. The Morgan fingerprint density at radius 2 is 1.89 bits per heavy atom. The van der Waals surface area contributed by atoms with Crippen molar-refractivity contribution in [3.8, 4) is 11.6 Å². The van der Waals surface area contributed by atoms with Gasteiger partial charge in [0.1, 0.15) is 17.4 Å². The number of hydrogen-bond acceptors (Lipinski definition) is 4. The largest absolute Gasteiger partial charge is 0.437 e. The summed E-state index contributed by atoms with van der Waals surface area (Å²) in [5.74, 6) is 2.50. The molecule has 4 nitrogen and oxygen atoms in total. The van der Waals surface area contributed by atoms with Crippen molar-refractivity contribution in [2.45, 2.75) is 13.8 Å². The molecule has 0 aliphatic carbocycles. The maximum atomic E-state index is 6.06. The Morgan fingerprint density at radius 1 is 1.17 bits per heavy atom. The average Bonchev–Trinajstić information content (AvgIpc) is 2.36. The zero-order valence-corrected chi connectivity index (χ0v) is 11.2. The molecule has 0 saturated heterocycles. The van der Waals surface area contributed by atoms with E-state index in [4.69, 9.17) is 16.3 Å². The van der Waals surface area contributed by atoms with Gasteiger partial charge in [-0.15, -0.1) is 0 Å². The number of benzene rings is 1. The number of aryl methyl sites for hydroxylation is 1. The van der Waals surface area contributed by atoms with Crippen molar-refractivity contribution in [2.75, 3.05) is 12.4 Å². The Hall–Kier alpha value is -1.81. The van der Waals surface area contributed by atoms with Gasteiger partial charge in [-0.1, -0.05) is 23.7 Å². The van der Waals surface area contributed by atoms with Crippen LogP contribution in [0.2, 0.25) is 5.02 Å². The van der Waals surface area contributed by atoms with Crippen molar-refractivity contribution in [3.63, 3.8) is 0 Å². The van der Waals surface area contributed by atoms with E-state index in [-0.39, 0.29) is 0 Å². The lowest BCUT2D eigenvalue weighted by Crippen LogP contribution is -2.03. The second-order valence-electron chi connectivity index (χ2n) is 3.83. The SMILES string of the molecule is CNc1nc(C)nc(Oc2ccccc2Cl)c1C. The van der Waals surface area contributed by atoms with Gasteiger partial charge in [-0.3, -0.25) is 0 Å². The molecule has 2 rings (SSSR count). The van der Waals surface area contributed by atoms with Crippen LogP contribution >= 0.6 is 11.6 Å². The van der Waals surface area contributed by atoms with Crippen LogP contribution in [0.25, 0.3) is 0 Å². The number of nitrogens with zero attached hydrogens (tertiary/aromatic N) is 2. The van der Waals surface area contributed by atoms with Gasteiger partial charge in [-0.25, -0.2) is 4.98 Å². The highest BCUT2D eigenvalue weighted by Gasteiger charge is 2.11. The van der Waals surface area contributed by atoms with Crippen molar-refractivity contribution in [3.05, 3.63) is 40.7 Å². The molecule has 1 aromatic carbocycles. The molecule has 0 saturated carbocycles. The van der Waals surface area contributed by atoms with Crippen LogP contribution in [0.1, 0.15) is 11.4 Å². The molecule has 2 aromatic rings. The lowest BCUT2D eigenvalue weighted by Gasteiger charge is -2.12. The van der Waals surface area contributed by atoms with E-state index in [1.54, 1.807) is 12.1 Å². The molecular weight excluding hydrogens is 250 g/mol. The molecule has 0 aliphatic heterocycles. The predicted molar refractivity (Wildman–Crippen MR) is 72.6 cm³/mol. The summed E-state index contributed by atoms with van der Waals surface area (Å²) < 4.78 is 5.74. The van der Waals surface area contributed by atoms with E-state index >= 15 is 0 Å². The van der Waals surface area contributed by atoms with Crippen LogP contribution in [0.3, 0.4) is 0 Å². The molecule has 94 valence electrons. The summed E-state index contributed by atoms with van der Waals surface area (Å²) in [4.78, 5) is 8.57. The van der Waals surface area contributed by atoms with E-state index in [0.717, 1.165) is 11.4 Å². The van der Waals surface area contributed by atoms with E-state index in [1.165, 1.54) is 0 Å². The first-order valence-corrected chi connectivity index (χ1v) is 5.95. The van der Waals surface area contributed by atoms with Crippen LogP contribution in [-0.4, -0.2) is 17.0 Å². The molecule has 0 spiro atoms. The zero-order valence-electron chi connectivity index (χ0n) is 10.5. The average molecular weight is 264 g/mol. The minimum absolute atomic E-state index is 0.514. The Kier molecular flexibility index (Phi) is 3.67. The molecule has 0 radical (unpaired) electrons. The normalized spacial score (nSPS) is 10.2. The summed E-state index contributed by atoms with van der Waals surface area (Å²) >= 11 is 6.06. The zero-order chi connectivity index (χ0) is 13.1. The van der Waals surface area contributed by atoms with Crippen LogP contribution < -0.4 is 10.1 Å². The lowest BCUT2D eigenvalue weighted by atomic mass is 10.3. The molecule has 0 unspecified atom stereocenters. The van der Waals surface area contributed by atoms with Gasteiger partial charge < -0.3 is 10.1 Å². The Bertz CT molecular complexity index is 572. The number of para-hydroxylation sites is 1. The van der Waals surface area contributed by atoms with E-state index < -0.39 is 0 Å². The number of hydrogen-bond donors (Lipinski definition) is 1. The van der Waals surface area contributed by atoms with Crippen molar-refractivity contribution in [2.24, 2.45) is 0 Å². The molecule has 0 amide bonds. The van der Waals surface area contributed by atoms with Crippen LogP contribution in [0.4, 0.5) is 5.82 Å². The Morgan fingerprint density at radius 3 is 2.56 bits per heavy atom. The Balaban J connectivity index is 2.40. The van der Waals surface area contributed by atoms with Gasteiger partial charge in [0.05, 0.1) is 10.6 Å². The van der Waals surface area contributed by atoms with E-state index in [2.05, 4.69) is 15.3 Å². The first kappa shape index (κ1) is 12.6. The monoisotopic (exact) mass is 263 g/mol. The van der Waals surface area contributed by atoms with Gasteiger partial charge in [0, 0.05) is 7.05 Å². The van der Waals surface area contributed by atoms with Crippen LogP contribution in [0, 0.1) is 13.8 Å². The number of rotatable bonds is 3. The van der Waals surface area contributed by atoms with Gasteiger partial charge in [0.2, 0.25) is 5.88 Å². The summed E-state index contributed by atoms with van der Waals surface area (Å²) in [5, 5.41) is 3.57. The summed E-state index contributed by atoms with van der Waals surface area (Å²) in [5.41, 5.74) is 0.850. The number of aromatic nitrogens is 2. The molecule has 5 heteroatoms. The first-order chi connectivity index (χ1) is 8.61. The van der Waals surface area contributed by atoms with E-state index in [1.807, 2.05) is 33.0 Å². The number of ether oxygens (including phenoxy) is 1. The van der Waals surface area contributed by atoms with E-state index in [0.29, 0.717) is 22.5 Å². The van der Waals surface area contributed by atoms with Crippen molar-refractivity contribution >= 4 is 17.4 Å². The smallest absolute Gasteiger partial charge is 0.227 e. The fraction of sp³-hybridized carbons (Fsp3) is 0.231. The summed E-state index contributed by atoms with van der Waals surface area (Å²) in [6.45, 7) is 3.72. The van der Waals surface area contributed by atoms with Gasteiger partial charge in [0.15, 0.2) is 0 Å². The van der Waals surface area contributed by atoms with Crippen molar-refractivity contribution in [1.29, 1.82) is 0 Å². The molecule has 0 fully saturated rings. The van der Waals surface area contributed by atoms with Crippen LogP contribution in [0.15, 0.2) is 24.3 Å². The van der Waals surface area contributed by atoms with Crippen molar-refractivity contribution < 1.29 is 4.74 Å². The van der Waals surface area contributed by atoms with Crippen LogP contribution in [0.5, 0.6) is 11.6 Å². The fourth-order valence-electron chi connectivity index (χ4n) is 1.58. The summed E-state index contributed by atoms with van der Waals surface area (Å²) in [6, 6.07) is 7.30. The van der Waals surface area contributed by atoms with Gasteiger partial charge >= 0.3 is 0 Å². The lowest BCUT2D eigenvalue weighted by molar-refractivity contribution is 0.456. The topological polar surface area (TPSA) is 47.0 Å². The minimum Gasteiger partial charge on any atom is -0.437 e. The minimum atomic E-state index is 0.514. The second kappa shape index (κ2) is 5.23. The highest BCUT2D eigenvalue weighted by atomic mass is 35.5. The highest BCUT2D eigenvalue weighted by molar-refractivity contribution is 6.32. The maximum Gasteiger partial charge on any atom is 0.227 e. The molecule has 0 bridgehead atoms. The Labute approximate surface area is 111 Å². The van der Waals surface area contributed by atoms with Gasteiger partial charge in [-0.05, 0) is 26.0 Å².